The first kappa shape index (κ1) is 27.0. The normalized spacial score (nSPS) is 28.0. The van der Waals surface area contributed by atoms with E-state index in [-0.39, 0.29) is 21.7 Å². The third-order valence-corrected chi connectivity index (χ3v) is 13.3. The molecule has 1 aromatic heterocycles. The van der Waals surface area contributed by atoms with Crippen LogP contribution in [-0.2, 0) is 4.43 Å². The van der Waals surface area contributed by atoms with Gasteiger partial charge in [0.1, 0.15) is 0 Å². The van der Waals surface area contributed by atoms with E-state index in [1.807, 2.05) is 55.4 Å². The van der Waals surface area contributed by atoms with E-state index in [0.29, 0.717) is 13.0 Å². The average molecular weight is 528 g/mol. The number of aromatic nitrogens is 1. The molecule has 0 unspecified atom stereocenters. The summed E-state index contributed by atoms with van der Waals surface area (Å²) in [7, 11) is 2.00. The van der Waals surface area contributed by atoms with Gasteiger partial charge in [0, 0.05) is 0 Å². The number of nitrogens with one attached hydrogen (secondary N) is 1. The quantitative estimate of drug-likeness (QED) is 0.394. The molecule has 0 spiro atoms. The van der Waals surface area contributed by atoms with Crippen molar-refractivity contribution in [3.05, 3.63) is 53.8 Å². The van der Waals surface area contributed by atoms with E-state index in [1.54, 1.807) is 11.8 Å². The molecule has 0 amide bonds. The van der Waals surface area contributed by atoms with Crippen molar-refractivity contribution in [2.45, 2.75) is 66.8 Å². The van der Waals surface area contributed by atoms with Gasteiger partial charge in [-0.2, -0.15) is 0 Å². The maximum absolute atomic E-state index is 14.2. The van der Waals surface area contributed by atoms with E-state index in [0.717, 1.165) is 4.90 Å². The molecule has 0 bridgehead atoms. The Morgan fingerprint density at radius 2 is 1.89 bits per heavy atom. The van der Waals surface area contributed by atoms with Gasteiger partial charge >= 0.3 is 219 Å². The summed E-state index contributed by atoms with van der Waals surface area (Å²) in [6.45, 7) is 10.7. The van der Waals surface area contributed by atoms with Crippen LogP contribution in [0.5, 0.6) is 5.88 Å². The van der Waals surface area contributed by atoms with Crippen molar-refractivity contribution in [1.29, 1.82) is 5.31 Å². The number of hydrogen-bond acceptors (Lipinski definition) is 9. The molecule has 0 radical (unpaired) electrons. The molecular weight excluding hydrogens is 493 g/mol. The monoisotopic (exact) mass is 527 g/mol. The molecule has 0 saturated heterocycles. The topological polar surface area (TPSA) is 109 Å². The van der Waals surface area contributed by atoms with Gasteiger partial charge in [-0.3, -0.25) is 0 Å². The molecular formula is C25H34BN3O5SSi. The summed E-state index contributed by atoms with van der Waals surface area (Å²) in [6, 6.07) is 9.43. The van der Waals surface area contributed by atoms with Crippen molar-refractivity contribution in [2.75, 3.05) is 14.1 Å². The van der Waals surface area contributed by atoms with Crippen LogP contribution in [0.3, 0.4) is 0 Å². The van der Waals surface area contributed by atoms with E-state index < -0.39 is 37.8 Å². The van der Waals surface area contributed by atoms with Gasteiger partial charge in [0.2, 0.25) is 0 Å². The van der Waals surface area contributed by atoms with Crippen LogP contribution >= 0.6 is 11.8 Å². The van der Waals surface area contributed by atoms with Crippen molar-refractivity contribution in [3.63, 3.8) is 0 Å². The summed E-state index contributed by atoms with van der Waals surface area (Å²) >= 11 is 1.57. The first-order valence-electron chi connectivity index (χ1n) is 12.0. The average Bonchev–Trinajstić information content (AvgIpc) is 3.20. The Hall–Kier alpha value is -2.05. The second-order valence-corrected chi connectivity index (χ2v) is 17.1. The molecule has 0 aliphatic heterocycles. The molecule has 2 aliphatic rings. The summed E-state index contributed by atoms with van der Waals surface area (Å²) < 4.78 is 17.7. The van der Waals surface area contributed by atoms with Gasteiger partial charge in [-0.15, -0.1) is 0 Å². The van der Waals surface area contributed by atoms with Gasteiger partial charge in [0.25, 0.3) is 0 Å². The third kappa shape index (κ3) is 4.45. The fourth-order valence-electron chi connectivity index (χ4n) is 4.71. The first-order chi connectivity index (χ1) is 16.8. The Morgan fingerprint density at radius 1 is 1.22 bits per heavy atom. The Bertz CT molecular complexity index is 1170. The van der Waals surface area contributed by atoms with Crippen molar-refractivity contribution < 1.29 is 23.5 Å². The van der Waals surface area contributed by atoms with Crippen LogP contribution in [0.25, 0.3) is 0 Å². The molecule has 4 rings (SSSR count). The van der Waals surface area contributed by atoms with Gasteiger partial charge in [-0.25, -0.2) is 0 Å². The zero-order chi connectivity index (χ0) is 26.5. The van der Waals surface area contributed by atoms with Crippen LogP contribution in [0.2, 0.25) is 18.1 Å². The minimum absolute atomic E-state index is 0.0681. The minimum atomic E-state index is -2.44. The van der Waals surface area contributed by atoms with E-state index in [1.165, 1.54) is 0 Å². The number of rotatable bonds is 7. The van der Waals surface area contributed by atoms with Crippen LogP contribution in [-0.4, -0.2) is 67.6 Å². The fraction of sp³-hybridized carbons (Fsp3) is 0.520. The number of benzene rings is 1. The molecule has 0 saturated carbocycles. The standard InChI is InChI=1S/C25H34BN3O5SSi/c1-24(2,3)36(6,7)34-22-17(35-15-11-9-8-10-12-15)14-13-16-19(29(4)5)20-18(21(30)25(16,22)31)23(28-33-20)32-26-27/h8-14,16-17,19,22,27,31H,1-7H3/t16-,17+,19-,22+,25+/m0/s1. The van der Waals surface area contributed by atoms with Gasteiger partial charge in [0.05, 0.1) is 0 Å². The molecule has 2 N–H and O–H groups in total. The number of thioether (sulfide) groups is 1. The van der Waals surface area contributed by atoms with Gasteiger partial charge in [-0.1, -0.05) is 0 Å². The van der Waals surface area contributed by atoms with Crippen molar-refractivity contribution in [2.24, 2.45) is 5.92 Å². The summed E-state index contributed by atoms with van der Waals surface area (Å²) in [5.41, 5.74) is -1.83. The van der Waals surface area contributed by atoms with Gasteiger partial charge < -0.3 is 0 Å². The number of fused-ring (bicyclic) bond motifs is 2. The van der Waals surface area contributed by atoms with Gasteiger partial charge in [-0.05, 0) is 0 Å². The molecule has 0 fully saturated rings. The molecule has 192 valence electrons. The zero-order valence-corrected chi connectivity index (χ0v) is 23.6. The molecule has 1 aromatic carbocycles. The first-order valence-corrected chi connectivity index (χ1v) is 15.8. The molecule has 8 nitrogen and oxygen atoms in total. The molecule has 2 aliphatic carbocycles. The number of Topliss-reactive ketones (excluding diaryl/α,β-unsaturated/α-hetero) is 1. The predicted molar refractivity (Wildman–Crippen MR) is 142 cm³/mol. The molecule has 2 aromatic rings. The second-order valence-electron chi connectivity index (χ2n) is 11.1. The van der Waals surface area contributed by atoms with Crippen molar-refractivity contribution >= 4 is 33.1 Å². The predicted octanol–water partition coefficient (Wildman–Crippen LogP) is 4.70. The van der Waals surface area contributed by atoms with Crippen LogP contribution in [0.4, 0.5) is 0 Å². The molecule has 36 heavy (non-hydrogen) atoms. The third-order valence-electron chi connectivity index (χ3n) is 7.61. The van der Waals surface area contributed by atoms with Crippen LogP contribution < -0.4 is 4.65 Å². The Labute approximate surface area is 218 Å². The van der Waals surface area contributed by atoms with E-state index >= 15 is 0 Å². The molecule has 5 atom stereocenters. The van der Waals surface area contributed by atoms with Crippen molar-refractivity contribution in [3.8, 4) is 5.88 Å². The Morgan fingerprint density at radius 3 is 2.47 bits per heavy atom. The van der Waals surface area contributed by atoms with E-state index in [2.05, 4.69) is 45.1 Å². The summed E-state index contributed by atoms with van der Waals surface area (Å²) in [5.74, 6) is -0.973. The molecule has 1 heterocycles. The number of nitrogens with zero attached hydrogens (tertiary/aromatic N) is 2. The van der Waals surface area contributed by atoms with Crippen LogP contribution in [0.1, 0.15) is 42.9 Å². The number of carbonyl (C=O) groups is 1. The second kappa shape index (κ2) is 9.68. The number of ketones is 1. The zero-order valence-electron chi connectivity index (χ0n) is 21.8. The summed E-state index contributed by atoms with van der Waals surface area (Å²) in [4.78, 5) is 17.1. The SMILES string of the molecule is CN(C)[C@@H]1c2onc(OB=N)c2C(=O)[C@@]2(O)[C@H](O[Si](C)(C)C(C)(C)C)[C@H](Sc3ccccc3)C=C[C@@H]12. The number of carbonyl (C=O) groups excluding carboxylic acids is 1. The fourth-order valence-corrected chi connectivity index (χ4v) is 7.30. The number of hydrogen-bond donors (Lipinski definition) is 2. The van der Waals surface area contributed by atoms with E-state index in [4.69, 9.17) is 18.9 Å². The number of aliphatic hydroxyl groups is 1. The summed E-state index contributed by atoms with van der Waals surface area (Å²) in [5, 5.41) is 23.4. The van der Waals surface area contributed by atoms with Crippen LogP contribution in [0.15, 0.2) is 51.9 Å². The van der Waals surface area contributed by atoms with E-state index in [9.17, 15) is 9.90 Å². The maximum atomic E-state index is 14.2. The van der Waals surface area contributed by atoms with Gasteiger partial charge in [0.15, 0.2) is 0 Å². The molecule has 11 heteroatoms. The van der Waals surface area contributed by atoms with Crippen LogP contribution in [0, 0.1) is 11.2 Å². The van der Waals surface area contributed by atoms with Crippen molar-refractivity contribution in [1.82, 2.24) is 10.1 Å². The summed E-state index contributed by atoms with van der Waals surface area (Å²) in [6.07, 6.45) is 3.14. The Balaban J connectivity index is 1.89. The Kier molecular flexibility index (Phi) is 7.26.